The Kier molecular flexibility index (Phi) is 3.21. The highest BCUT2D eigenvalue weighted by atomic mass is 32.2. The number of nitrogens with zero attached hydrogens (tertiary/aromatic N) is 2. The molecule has 2 heterocycles. The standard InChI is InChI=1S/C10H19N3S/c1-8-9(2)14-7-6-13(8)10-11-4-3-5-12-10/h8-9H,3-7H2,1-2H3,(H,11,12). The van der Waals surface area contributed by atoms with Crippen LogP contribution in [0.2, 0.25) is 0 Å². The van der Waals surface area contributed by atoms with E-state index in [9.17, 15) is 0 Å². The molecule has 0 radical (unpaired) electrons. The number of nitrogens with one attached hydrogen (secondary N) is 1. The van der Waals surface area contributed by atoms with Gasteiger partial charge in [0.1, 0.15) is 0 Å². The largest absolute Gasteiger partial charge is 0.356 e. The number of hydrogen-bond donors (Lipinski definition) is 1. The Morgan fingerprint density at radius 3 is 3.07 bits per heavy atom. The van der Waals surface area contributed by atoms with Crippen molar-refractivity contribution in [2.45, 2.75) is 31.6 Å². The molecule has 0 aromatic heterocycles. The summed E-state index contributed by atoms with van der Waals surface area (Å²) in [5.74, 6) is 2.36. The molecule has 2 aliphatic heterocycles. The van der Waals surface area contributed by atoms with Gasteiger partial charge in [0.15, 0.2) is 5.96 Å². The maximum absolute atomic E-state index is 4.56. The van der Waals surface area contributed by atoms with Crippen molar-refractivity contribution in [1.82, 2.24) is 10.2 Å². The molecule has 0 saturated carbocycles. The first-order valence-corrected chi connectivity index (χ1v) is 6.50. The number of hydrogen-bond acceptors (Lipinski definition) is 4. The molecule has 2 rings (SSSR count). The lowest BCUT2D eigenvalue weighted by Gasteiger charge is -2.40. The molecule has 2 atom stereocenters. The second-order valence-electron chi connectivity index (χ2n) is 4.00. The molecule has 4 heteroatoms. The maximum atomic E-state index is 4.56. The van der Waals surface area contributed by atoms with Crippen LogP contribution in [0.25, 0.3) is 0 Å². The average molecular weight is 213 g/mol. The SMILES string of the molecule is CC1SCCN(C2=NCCCN2)C1C. The minimum atomic E-state index is 0.609. The minimum Gasteiger partial charge on any atom is -0.356 e. The lowest BCUT2D eigenvalue weighted by atomic mass is 10.2. The highest BCUT2D eigenvalue weighted by molar-refractivity contribution is 8.00. The van der Waals surface area contributed by atoms with Crippen LogP contribution < -0.4 is 5.32 Å². The van der Waals surface area contributed by atoms with E-state index in [4.69, 9.17) is 0 Å². The molecule has 0 aliphatic carbocycles. The molecule has 1 saturated heterocycles. The van der Waals surface area contributed by atoms with Gasteiger partial charge in [0.2, 0.25) is 0 Å². The Balaban J connectivity index is 2.04. The molecule has 1 N–H and O–H groups in total. The van der Waals surface area contributed by atoms with E-state index in [1.807, 2.05) is 0 Å². The van der Waals surface area contributed by atoms with E-state index < -0.39 is 0 Å². The van der Waals surface area contributed by atoms with Crippen molar-refractivity contribution in [2.24, 2.45) is 4.99 Å². The highest BCUT2D eigenvalue weighted by Crippen LogP contribution is 2.24. The summed E-state index contributed by atoms with van der Waals surface area (Å²) in [6.45, 7) is 7.83. The molecule has 2 unspecified atom stereocenters. The van der Waals surface area contributed by atoms with Crippen LogP contribution in [0.1, 0.15) is 20.3 Å². The molecule has 0 amide bonds. The molecule has 0 spiro atoms. The Labute approximate surface area is 90.3 Å². The summed E-state index contributed by atoms with van der Waals surface area (Å²) in [6.07, 6.45) is 1.18. The van der Waals surface area contributed by atoms with Crippen molar-refractivity contribution < 1.29 is 0 Å². The van der Waals surface area contributed by atoms with Crippen molar-refractivity contribution in [2.75, 3.05) is 25.4 Å². The van der Waals surface area contributed by atoms with Gasteiger partial charge in [0, 0.05) is 36.7 Å². The molecule has 1 fully saturated rings. The molecule has 0 bridgehead atoms. The van der Waals surface area contributed by atoms with Crippen LogP contribution in [0.3, 0.4) is 0 Å². The lowest BCUT2D eigenvalue weighted by Crippen LogP contribution is -2.53. The molecular weight excluding hydrogens is 194 g/mol. The van der Waals surface area contributed by atoms with Gasteiger partial charge < -0.3 is 10.2 Å². The van der Waals surface area contributed by atoms with Crippen molar-refractivity contribution >= 4 is 17.7 Å². The zero-order valence-corrected chi connectivity index (χ0v) is 9.81. The fraction of sp³-hybridized carbons (Fsp3) is 0.900. The monoisotopic (exact) mass is 213 g/mol. The zero-order chi connectivity index (χ0) is 9.97. The summed E-state index contributed by atoms with van der Waals surface area (Å²) >= 11 is 2.07. The number of aliphatic imine (C=N–C) groups is 1. The van der Waals surface area contributed by atoms with E-state index >= 15 is 0 Å². The van der Waals surface area contributed by atoms with E-state index in [1.54, 1.807) is 0 Å². The summed E-state index contributed by atoms with van der Waals surface area (Å²) < 4.78 is 0. The first-order valence-electron chi connectivity index (χ1n) is 5.45. The summed E-state index contributed by atoms with van der Waals surface area (Å²) in [4.78, 5) is 6.99. The summed E-state index contributed by atoms with van der Waals surface area (Å²) in [5, 5.41) is 4.12. The predicted octanol–water partition coefficient (Wildman–Crippen LogP) is 1.16. The fourth-order valence-corrected chi connectivity index (χ4v) is 3.04. The molecule has 3 nitrogen and oxygen atoms in total. The number of guanidine groups is 1. The van der Waals surface area contributed by atoms with Gasteiger partial charge in [-0.3, -0.25) is 4.99 Å². The summed E-state index contributed by atoms with van der Waals surface area (Å²) in [5.41, 5.74) is 0. The first kappa shape index (κ1) is 10.1. The Morgan fingerprint density at radius 2 is 2.36 bits per heavy atom. The number of rotatable bonds is 0. The number of thioether (sulfide) groups is 1. The van der Waals surface area contributed by atoms with E-state index in [2.05, 4.69) is 40.8 Å². The van der Waals surface area contributed by atoms with Gasteiger partial charge >= 0.3 is 0 Å². The lowest BCUT2D eigenvalue weighted by molar-refractivity contribution is 0.319. The Bertz CT molecular complexity index is 229. The predicted molar refractivity (Wildman–Crippen MR) is 63.0 cm³/mol. The Hall–Kier alpha value is -0.380. The third-order valence-corrected chi connectivity index (χ3v) is 4.37. The van der Waals surface area contributed by atoms with Gasteiger partial charge in [0.25, 0.3) is 0 Å². The van der Waals surface area contributed by atoms with Crippen LogP contribution in [0.5, 0.6) is 0 Å². The van der Waals surface area contributed by atoms with E-state index in [1.165, 1.54) is 12.2 Å². The van der Waals surface area contributed by atoms with E-state index in [0.717, 1.165) is 30.8 Å². The second kappa shape index (κ2) is 4.43. The van der Waals surface area contributed by atoms with Crippen LogP contribution >= 0.6 is 11.8 Å². The molecule has 80 valence electrons. The van der Waals surface area contributed by atoms with Crippen molar-refractivity contribution in [1.29, 1.82) is 0 Å². The maximum Gasteiger partial charge on any atom is 0.194 e. The first-order chi connectivity index (χ1) is 6.79. The minimum absolute atomic E-state index is 0.609. The molecule has 0 aromatic rings. The molecule has 0 aromatic carbocycles. The van der Waals surface area contributed by atoms with Crippen LogP contribution in [0.15, 0.2) is 4.99 Å². The van der Waals surface area contributed by atoms with Crippen molar-refractivity contribution in [3.05, 3.63) is 0 Å². The zero-order valence-electron chi connectivity index (χ0n) is 8.99. The molecular formula is C10H19N3S. The van der Waals surface area contributed by atoms with Gasteiger partial charge in [-0.05, 0) is 13.3 Å². The van der Waals surface area contributed by atoms with Gasteiger partial charge in [-0.1, -0.05) is 6.92 Å². The highest BCUT2D eigenvalue weighted by Gasteiger charge is 2.27. The fourth-order valence-electron chi connectivity index (χ4n) is 1.94. The molecule has 14 heavy (non-hydrogen) atoms. The quantitative estimate of drug-likeness (QED) is 0.654. The Morgan fingerprint density at radius 1 is 1.50 bits per heavy atom. The van der Waals surface area contributed by atoms with Crippen LogP contribution in [0, 0.1) is 0 Å². The second-order valence-corrected chi connectivity index (χ2v) is 5.48. The van der Waals surface area contributed by atoms with Gasteiger partial charge in [-0.15, -0.1) is 0 Å². The van der Waals surface area contributed by atoms with Crippen molar-refractivity contribution in [3.63, 3.8) is 0 Å². The third kappa shape index (κ3) is 2.00. The summed E-state index contributed by atoms with van der Waals surface area (Å²) in [7, 11) is 0. The normalized spacial score (nSPS) is 33.6. The summed E-state index contributed by atoms with van der Waals surface area (Å²) in [6, 6.07) is 0.609. The van der Waals surface area contributed by atoms with Crippen molar-refractivity contribution in [3.8, 4) is 0 Å². The average Bonchev–Trinajstić information content (AvgIpc) is 2.23. The van der Waals surface area contributed by atoms with Gasteiger partial charge in [0.05, 0.1) is 0 Å². The molecule has 2 aliphatic rings. The smallest absolute Gasteiger partial charge is 0.194 e. The van der Waals surface area contributed by atoms with Crippen LogP contribution in [-0.2, 0) is 0 Å². The van der Waals surface area contributed by atoms with Gasteiger partial charge in [-0.25, -0.2) is 0 Å². The van der Waals surface area contributed by atoms with Gasteiger partial charge in [-0.2, -0.15) is 11.8 Å². The van der Waals surface area contributed by atoms with Crippen LogP contribution in [0.4, 0.5) is 0 Å². The topological polar surface area (TPSA) is 27.6 Å². The van der Waals surface area contributed by atoms with Crippen LogP contribution in [-0.4, -0.2) is 47.5 Å². The van der Waals surface area contributed by atoms with E-state index in [0.29, 0.717) is 6.04 Å². The van der Waals surface area contributed by atoms with E-state index in [-0.39, 0.29) is 0 Å². The third-order valence-electron chi connectivity index (χ3n) is 3.04.